The molecule has 1 aliphatic rings. The molecule has 0 spiro atoms. The predicted octanol–water partition coefficient (Wildman–Crippen LogP) is 5.34. The fourth-order valence-electron chi connectivity index (χ4n) is 4.02. The lowest BCUT2D eigenvalue weighted by Gasteiger charge is -2.33. The first-order chi connectivity index (χ1) is 15.7. The first-order valence-corrected chi connectivity index (χ1v) is 11.5. The molecule has 174 valence electrons. The normalized spacial score (nSPS) is 14.9. The van der Waals surface area contributed by atoms with Gasteiger partial charge in [0.25, 0.3) is 0 Å². The molecule has 0 aliphatic carbocycles. The fraction of sp³-hybridized carbons (Fsp3) is 0.417. The summed E-state index contributed by atoms with van der Waals surface area (Å²) in [6.07, 6.45) is 3.08. The van der Waals surface area contributed by atoms with Gasteiger partial charge in [-0.25, -0.2) is 14.8 Å². The molecule has 8 nitrogen and oxygen atoms in total. The number of piperidine rings is 1. The van der Waals surface area contributed by atoms with E-state index in [9.17, 15) is 4.79 Å². The van der Waals surface area contributed by atoms with Crippen LogP contribution in [0.4, 0.5) is 10.7 Å². The highest BCUT2D eigenvalue weighted by molar-refractivity contribution is 6.30. The number of hydrogen-bond acceptors (Lipinski definition) is 6. The van der Waals surface area contributed by atoms with Gasteiger partial charge in [-0.1, -0.05) is 23.7 Å². The topological polar surface area (TPSA) is 96.0 Å². The molecule has 0 unspecified atom stereocenters. The Kier molecular flexibility index (Phi) is 6.56. The number of amides is 1. The van der Waals surface area contributed by atoms with E-state index in [2.05, 4.69) is 25.5 Å². The lowest BCUT2D eigenvalue weighted by Crippen LogP contribution is -2.41. The molecule has 4 rings (SSSR count). The zero-order valence-corrected chi connectivity index (χ0v) is 20.1. The molecule has 1 saturated heterocycles. The van der Waals surface area contributed by atoms with Gasteiger partial charge in [-0.05, 0) is 51.8 Å². The molecule has 1 fully saturated rings. The van der Waals surface area contributed by atoms with Gasteiger partial charge in [-0.3, -0.25) is 5.10 Å². The van der Waals surface area contributed by atoms with Gasteiger partial charge in [0, 0.05) is 54.1 Å². The number of carbonyl (C=O) groups excluding carboxylic acids is 1. The van der Waals surface area contributed by atoms with E-state index >= 15 is 0 Å². The summed E-state index contributed by atoms with van der Waals surface area (Å²) in [7, 11) is 1.79. The number of likely N-dealkylation sites (tertiary alicyclic amines) is 1. The van der Waals surface area contributed by atoms with Crippen molar-refractivity contribution >= 4 is 23.6 Å². The van der Waals surface area contributed by atoms with Gasteiger partial charge in [0.15, 0.2) is 0 Å². The number of benzene rings is 1. The predicted molar refractivity (Wildman–Crippen MR) is 129 cm³/mol. The highest BCUT2D eigenvalue weighted by atomic mass is 35.5. The third kappa shape index (κ3) is 5.27. The monoisotopic (exact) mass is 468 g/mol. The summed E-state index contributed by atoms with van der Waals surface area (Å²) < 4.78 is 5.54. The van der Waals surface area contributed by atoms with E-state index in [0.29, 0.717) is 24.1 Å². The molecule has 1 amide bonds. The van der Waals surface area contributed by atoms with Crippen LogP contribution in [0.3, 0.4) is 0 Å². The van der Waals surface area contributed by atoms with E-state index in [0.717, 1.165) is 41.1 Å². The lowest BCUT2D eigenvalue weighted by atomic mass is 9.89. The molecule has 3 aromatic rings. The number of nitrogens with one attached hydrogen (secondary N) is 2. The van der Waals surface area contributed by atoms with Gasteiger partial charge in [0.2, 0.25) is 5.95 Å². The summed E-state index contributed by atoms with van der Waals surface area (Å²) in [4.78, 5) is 23.2. The number of aromatic nitrogens is 4. The van der Waals surface area contributed by atoms with E-state index in [1.807, 2.05) is 51.1 Å². The van der Waals surface area contributed by atoms with Crippen molar-refractivity contribution in [3.8, 4) is 22.5 Å². The summed E-state index contributed by atoms with van der Waals surface area (Å²) in [6, 6.07) is 9.51. The van der Waals surface area contributed by atoms with Gasteiger partial charge in [0.1, 0.15) is 11.3 Å². The molecule has 0 bridgehead atoms. The second-order valence-electron chi connectivity index (χ2n) is 9.12. The standard InChI is InChI=1S/C24H29ClN6O2/c1-24(2,3)33-23(32)31-13-10-16(11-14-31)21-19(18-9-12-27-22(26-4)28-18)20(29-30-21)15-5-7-17(25)8-6-15/h5-9,12,16H,10-11,13-14H2,1-4H3,(H,29,30)(H,26,27,28). The summed E-state index contributed by atoms with van der Waals surface area (Å²) in [6.45, 7) is 6.90. The van der Waals surface area contributed by atoms with Crippen LogP contribution in [0.15, 0.2) is 36.5 Å². The molecule has 0 atom stereocenters. The van der Waals surface area contributed by atoms with Crippen LogP contribution in [-0.4, -0.2) is 56.9 Å². The van der Waals surface area contributed by atoms with Crippen molar-refractivity contribution in [3.63, 3.8) is 0 Å². The summed E-state index contributed by atoms with van der Waals surface area (Å²) in [5, 5.41) is 11.6. The Hall–Kier alpha value is -3.13. The van der Waals surface area contributed by atoms with Crippen molar-refractivity contribution in [2.24, 2.45) is 0 Å². The number of nitrogens with zero attached hydrogens (tertiary/aromatic N) is 4. The number of rotatable bonds is 4. The van der Waals surface area contributed by atoms with Crippen LogP contribution in [0.2, 0.25) is 5.02 Å². The molecular weight excluding hydrogens is 440 g/mol. The molecule has 1 aliphatic heterocycles. The van der Waals surface area contributed by atoms with Crippen molar-refractivity contribution in [2.45, 2.75) is 45.1 Å². The van der Waals surface area contributed by atoms with Gasteiger partial charge in [-0.2, -0.15) is 5.10 Å². The highest BCUT2D eigenvalue weighted by Gasteiger charge is 2.31. The van der Waals surface area contributed by atoms with Crippen molar-refractivity contribution in [2.75, 3.05) is 25.5 Å². The SMILES string of the molecule is CNc1nccc(-c2c(-c3ccc(Cl)cc3)n[nH]c2C2CCN(C(=O)OC(C)(C)C)CC2)n1. The van der Waals surface area contributed by atoms with Crippen molar-refractivity contribution in [1.82, 2.24) is 25.1 Å². The summed E-state index contributed by atoms with van der Waals surface area (Å²) in [5.41, 5.74) is 4.02. The Balaban J connectivity index is 1.65. The minimum atomic E-state index is -0.504. The van der Waals surface area contributed by atoms with Crippen molar-refractivity contribution in [3.05, 3.63) is 47.2 Å². The molecule has 1 aromatic carbocycles. The third-order valence-corrected chi connectivity index (χ3v) is 5.85. The Bertz CT molecular complexity index is 1110. The van der Waals surface area contributed by atoms with Crippen LogP contribution < -0.4 is 5.32 Å². The summed E-state index contributed by atoms with van der Waals surface area (Å²) >= 11 is 6.10. The molecule has 3 heterocycles. The number of ether oxygens (including phenoxy) is 1. The Labute approximate surface area is 198 Å². The van der Waals surface area contributed by atoms with Gasteiger partial charge in [-0.15, -0.1) is 0 Å². The smallest absolute Gasteiger partial charge is 0.410 e. The van der Waals surface area contributed by atoms with E-state index in [4.69, 9.17) is 16.3 Å². The quantitative estimate of drug-likeness (QED) is 0.536. The molecule has 2 N–H and O–H groups in total. The van der Waals surface area contributed by atoms with E-state index in [-0.39, 0.29) is 12.0 Å². The lowest BCUT2D eigenvalue weighted by molar-refractivity contribution is 0.0204. The zero-order chi connectivity index (χ0) is 23.6. The van der Waals surface area contributed by atoms with Crippen LogP contribution in [-0.2, 0) is 4.74 Å². The Morgan fingerprint density at radius 3 is 2.52 bits per heavy atom. The average Bonchev–Trinajstić information content (AvgIpc) is 3.24. The number of carbonyl (C=O) groups is 1. The third-order valence-electron chi connectivity index (χ3n) is 5.60. The van der Waals surface area contributed by atoms with Crippen LogP contribution in [0, 0.1) is 0 Å². The first kappa shape index (κ1) is 23.0. The number of H-pyrrole nitrogens is 1. The largest absolute Gasteiger partial charge is 0.444 e. The second kappa shape index (κ2) is 9.39. The average molecular weight is 469 g/mol. The maximum Gasteiger partial charge on any atom is 0.410 e. The molecule has 0 radical (unpaired) electrons. The summed E-state index contributed by atoms with van der Waals surface area (Å²) in [5.74, 6) is 0.752. The molecular formula is C24H29ClN6O2. The maximum absolute atomic E-state index is 12.5. The number of anilines is 1. The number of aromatic amines is 1. The highest BCUT2D eigenvalue weighted by Crippen LogP contribution is 2.39. The maximum atomic E-state index is 12.5. The van der Waals surface area contributed by atoms with Crippen molar-refractivity contribution < 1.29 is 9.53 Å². The van der Waals surface area contributed by atoms with Crippen molar-refractivity contribution in [1.29, 1.82) is 0 Å². The van der Waals surface area contributed by atoms with Crippen LogP contribution >= 0.6 is 11.6 Å². The zero-order valence-electron chi connectivity index (χ0n) is 19.4. The van der Waals surface area contributed by atoms with Crippen LogP contribution in [0.5, 0.6) is 0 Å². The van der Waals surface area contributed by atoms with Gasteiger partial charge >= 0.3 is 6.09 Å². The Morgan fingerprint density at radius 1 is 1.18 bits per heavy atom. The minimum absolute atomic E-state index is 0.209. The fourth-order valence-corrected chi connectivity index (χ4v) is 4.15. The van der Waals surface area contributed by atoms with Crippen LogP contribution in [0.1, 0.15) is 45.2 Å². The molecule has 2 aromatic heterocycles. The Morgan fingerprint density at radius 2 is 1.88 bits per heavy atom. The van der Waals surface area contributed by atoms with E-state index < -0.39 is 5.60 Å². The van der Waals surface area contributed by atoms with Gasteiger partial charge < -0.3 is 15.0 Å². The number of halogens is 1. The molecule has 9 heteroatoms. The molecule has 0 saturated carbocycles. The second-order valence-corrected chi connectivity index (χ2v) is 9.56. The minimum Gasteiger partial charge on any atom is -0.444 e. The van der Waals surface area contributed by atoms with Crippen LogP contribution in [0.25, 0.3) is 22.5 Å². The first-order valence-electron chi connectivity index (χ1n) is 11.1. The van der Waals surface area contributed by atoms with E-state index in [1.54, 1.807) is 18.1 Å². The van der Waals surface area contributed by atoms with E-state index in [1.165, 1.54) is 0 Å². The number of hydrogen-bond donors (Lipinski definition) is 2. The molecule has 33 heavy (non-hydrogen) atoms. The van der Waals surface area contributed by atoms with Gasteiger partial charge in [0.05, 0.1) is 5.69 Å².